The zero-order valence-corrected chi connectivity index (χ0v) is 11.2. The highest BCUT2D eigenvalue weighted by atomic mass is 35.5. The van der Waals surface area contributed by atoms with E-state index in [2.05, 4.69) is 4.98 Å². The summed E-state index contributed by atoms with van der Waals surface area (Å²) < 4.78 is 43.5. The zero-order chi connectivity index (χ0) is 14.9. The number of nitrogens with zero attached hydrogens (tertiary/aromatic N) is 1. The molecule has 0 unspecified atom stereocenters. The smallest absolute Gasteiger partial charge is 0.421 e. The Balaban J connectivity index is 2.46. The fraction of sp³-hybridized carbons (Fsp3) is 0.0833. The van der Waals surface area contributed by atoms with E-state index in [0.29, 0.717) is 0 Å². The highest BCUT2D eigenvalue weighted by molar-refractivity contribution is 6.37. The maximum Gasteiger partial charge on any atom is 0.421 e. The lowest BCUT2D eigenvalue weighted by molar-refractivity contribution is -0.138. The van der Waals surface area contributed by atoms with E-state index in [9.17, 15) is 13.2 Å². The molecule has 2 rings (SSSR count). The summed E-state index contributed by atoms with van der Waals surface area (Å²) >= 11 is 11.7. The third-order valence-electron chi connectivity index (χ3n) is 2.30. The molecule has 20 heavy (non-hydrogen) atoms. The SMILES string of the molecule is Nc1cc(Cl)c(Oc2ncccc2C(F)(F)F)c(Cl)c1. The topological polar surface area (TPSA) is 48.1 Å². The Morgan fingerprint density at radius 1 is 1.15 bits per heavy atom. The number of pyridine rings is 1. The van der Waals surface area contributed by atoms with E-state index in [1.165, 1.54) is 18.3 Å². The van der Waals surface area contributed by atoms with Crippen LogP contribution >= 0.6 is 23.2 Å². The van der Waals surface area contributed by atoms with E-state index in [-0.39, 0.29) is 21.5 Å². The lowest BCUT2D eigenvalue weighted by Crippen LogP contribution is -2.08. The molecule has 0 aliphatic rings. The van der Waals surface area contributed by atoms with E-state index in [0.717, 1.165) is 12.1 Å². The van der Waals surface area contributed by atoms with Crippen LogP contribution < -0.4 is 10.5 Å². The number of halogens is 5. The van der Waals surface area contributed by atoms with Crippen LogP contribution in [0, 0.1) is 0 Å². The Morgan fingerprint density at radius 3 is 2.30 bits per heavy atom. The van der Waals surface area contributed by atoms with Crippen molar-refractivity contribution < 1.29 is 17.9 Å². The van der Waals surface area contributed by atoms with Crippen molar-refractivity contribution in [2.75, 3.05) is 5.73 Å². The normalized spacial score (nSPS) is 11.4. The summed E-state index contributed by atoms with van der Waals surface area (Å²) in [5.41, 5.74) is 4.74. The van der Waals surface area contributed by atoms with Crippen LogP contribution in [0.2, 0.25) is 10.0 Å². The average Bonchev–Trinajstić information content (AvgIpc) is 2.33. The Morgan fingerprint density at radius 2 is 1.75 bits per heavy atom. The van der Waals surface area contributed by atoms with Gasteiger partial charge in [-0.2, -0.15) is 13.2 Å². The second-order valence-electron chi connectivity index (χ2n) is 3.77. The molecule has 2 N–H and O–H groups in total. The Labute approximate surface area is 122 Å². The third kappa shape index (κ3) is 3.08. The minimum Gasteiger partial charge on any atom is -0.435 e. The number of hydrogen-bond acceptors (Lipinski definition) is 3. The largest absolute Gasteiger partial charge is 0.435 e. The summed E-state index contributed by atoms with van der Waals surface area (Å²) in [7, 11) is 0. The van der Waals surface area contributed by atoms with Gasteiger partial charge in [0.2, 0.25) is 5.88 Å². The van der Waals surface area contributed by atoms with Gasteiger partial charge in [-0.1, -0.05) is 23.2 Å². The number of hydrogen-bond donors (Lipinski definition) is 1. The molecule has 0 amide bonds. The molecular formula is C12H7Cl2F3N2O. The molecule has 0 aliphatic carbocycles. The predicted octanol–water partition coefficient (Wildman–Crippen LogP) is 4.78. The molecule has 0 bridgehead atoms. The van der Waals surface area contributed by atoms with Crippen LogP contribution in [0.1, 0.15) is 5.56 Å². The molecule has 0 saturated heterocycles. The van der Waals surface area contributed by atoms with Gasteiger partial charge in [-0.25, -0.2) is 4.98 Å². The Bertz CT molecular complexity index is 624. The van der Waals surface area contributed by atoms with Crippen LogP contribution in [0.5, 0.6) is 11.6 Å². The maximum absolute atomic E-state index is 12.8. The van der Waals surface area contributed by atoms with Crippen molar-refractivity contribution in [3.63, 3.8) is 0 Å². The molecule has 0 atom stereocenters. The van der Waals surface area contributed by atoms with Gasteiger partial charge in [0.15, 0.2) is 5.75 Å². The number of aromatic nitrogens is 1. The molecule has 2 aromatic rings. The first-order chi connectivity index (χ1) is 9.29. The first kappa shape index (κ1) is 14.7. The molecule has 1 aromatic heterocycles. The number of nitrogen functional groups attached to an aromatic ring is 1. The molecule has 0 aliphatic heterocycles. The first-order valence-electron chi connectivity index (χ1n) is 5.23. The van der Waals surface area contributed by atoms with Crippen molar-refractivity contribution in [1.82, 2.24) is 4.98 Å². The van der Waals surface area contributed by atoms with Gasteiger partial charge in [-0.15, -0.1) is 0 Å². The summed E-state index contributed by atoms with van der Waals surface area (Å²) in [5.74, 6) is -0.764. The van der Waals surface area contributed by atoms with E-state index in [1.807, 2.05) is 0 Å². The van der Waals surface area contributed by atoms with Crippen LogP contribution in [0.15, 0.2) is 30.5 Å². The fourth-order valence-electron chi connectivity index (χ4n) is 1.46. The quantitative estimate of drug-likeness (QED) is 0.809. The van der Waals surface area contributed by atoms with E-state index in [4.69, 9.17) is 33.7 Å². The Kier molecular flexibility index (Phi) is 3.96. The minimum atomic E-state index is -4.60. The third-order valence-corrected chi connectivity index (χ3v) is 2.86. The van der Waals surface area contributed by atoms with Crippen LogP contribution in [0.25, 0.3) is 0 Å². The van der Waals surface area contributed by atoms with Crippen LogP contribution in [0.3, 0.4) is 0 Å². The number of alkyl halides is 3. The lowest BCUT2D eigenvalue weighted by atomic mass is 10.2. The number of benzene rings is 1. The average molecular weight is 323 g/mol. The van der Waals surface area contributed by atoms with Gasteiger partial charge in [-0.05, 0) is 24.3 Å². The van der Waals surface area contributed by atoms with Gasteiger partial charge in [0.25, 0.3) is 0 Å². The van der Waals surface area contributed by atoms with Crippen molar-refractivity contribution in [3.05, 3.63) is 46.1 Å². The fourth-order valence-corrected chi connectivity index (χ4v) is 2.04. The summed E-state index contributed by atoms with van der Waals surface area (Å²) in [5, 5.41) is -0.0115. The highest BCUT2D eigenvalue weighted by Crippen LogP contribution is 2.41. The first-order valence-corrected chi connectivity index (χ1v) is 5.99. The summed E-state index contributed by atoms with van der Waals surface area (Å²) in [6.45, 7) is 0. The second kappa shape index (κ2) is 5.38. The predicted molar refractivity (Wildman–Crippen MR) is 70.2 cm³/mol. The monoisotopic (exact) mass is 322 g/mol. The number of ether oxygens (including phenoxy) is 1. The lowest BCUT2D eigenvalue weighted by Gasteiger charge is -2.14. The van der Waals surface area contributed by atoms with Crippen molar-refractivity contribution in [2.45, 2.75) is 6.18 Å². The van der Waals surface area contributed by atoms with E-state index < -0.39 is 17.6 Å². The highest BCUT2D eigenvalue weighted by Gasteiger charge is 2.35. The summed E-state index contributed by atoms with van der Waals surface area (Å²) in [6, 6.07) is 4.64. The molecule has 0 spiro atoms. The molecule has 106 valence electrons. The zero-order valence-electron chi connectivity index (χ0n) is 9.71. The van der Waals surface area contributed by atoms with E-state index in [1.54, 1.807) is 0 Å². The van der Waals surface area contributed by atoms with Gasteiger partial charge in [0, 0.05) is 11.9 Å². The van der Waals surface area contributed by atoms with Crippen molar-refractivity contribution in [1.29, 1.82) is 0 Å². The molecule has 8 heteroatoms. The number of nitrogens with two attached hydrogens (primary N) is 1. The van der Waals surface area contributed by atoms with Gasteiger partial charge in [0.05, 0.1) is 10.0 Å². The molecule has 0 saturated carbocycles. The van der Waals surface area contributed by atoms with Crippen molar-refractivity contribution >= 4 is 28.9 Å². The molecule has 0 fully saturated rings. The summed E-state index contributed by atoms with van der Waals surface area (Å²) in [6.07, 6.45) is -3.43. The van der Waals surface area contributed by atoms with Crippen LogP contribution in [0.4, 0.5) is 18.9 Å². The minimum absolute atomic E-state index is 0.00576. The van der Waals surface area contributed by atoms with Gasteiger partial charge < -0.3 is 10.5 Å². The van der Waals surface area contributed by atoms with Crippen molar-refractivity contribution in [3.8, 4) is 11.6 Å². The van der Waals surface area contributed by atoms with Crippen LogP contribution in [-0.2, 0) is 6.18 Å². The standard InChI is InChI=1S/C12H7Cl2F3N2O/c13-8-4-6(18)5-9(14)10(8)20-11-7(12(15,16)17)2-1-3-19-11/h1-5H,18H2. The van der Waals surface area contributed by atoms with Crippen molar-refractivity contribution in [2.24, 2.45) is 0 Å². The van der Waals surface area contributed by atoms with Gasteiger partial charge in [0.1, 0.15) is 5.56 Å². The van der Waals surface area contributed by atoms with Crippen LogP contribution in [-0.4, -0.2) is 4.98 Å². The second-order valence-corrected chi connectivity index (χ2v) is 4.58. The van der Waals surface area contributed by atoms with Gasteiger partial charge >= 0.3 is 6.18 Å². The molecule has 0 radical (unpaired) electrons. The summed E-state index contributed by atoms with van der Waals surface area (Å²) in [4.78, 5) is 3.55. The van der Waals surface area contributed by atoms with E-state index >= 15 is 0 Å². The maximum atomic E-state index is 12.8. The number of anilines is 1. The van der Waals surface area contributed by atoms with Gasteiger partial charge in [-0.3, -0.25) is 0 Å². The Hall–Kier alpha value is -1.66. The molecule has 1 heterocycles. The molecule has 1 aromatic carbocycles. The molecule has 3 nitrogen and oxygen atoms in total. The molecular weight excluding hydrogens is 316 g/mol. The number of rotatable bonds is 2.